The van der Waals surface area contributed by atoms with Crippen LogP contribution in [-0.4, -0.2) is 13.4 Å². The second-order valence-electron chi connectivity index (χ2n) is 2.24. The SMILES string of the molecule is CCC=O.COc1cccc(Br)c1. The first-order valence-electron chi connectivity index (χ1n) is 3.97. The van der Waals surface area contributed by atoms with Crippen molar-refractivity contribution in [3.05, 3.63) is 28.7 Å². The zero-order valence-electron chi connectivity index (χ0n) is 7.79. The van der Waals surface area contributed by atoms with E-state index in [2.05, 4.69) is 15.9 Å². The molecule has 0 unspecified atom stereocenters. The quantitative estimate of drug-likeness (QED) is 0.748. The van der Waals surface area contributed by atoms with E-state index in [0.717, 1.165) is 16.5 Å². The van der Waals surface area contributed by atoms with Crippen LogP contribution in [0.1, 0.15) is 13.3 Å². The lowest BCUT2D eigenvalue weighted by Crippen LogP contribution is -1.79. The molecule has 0 amide bonds. The Morgan fingerprint density at radius 2 is 2.15 bits per heavy atom. The van der Waals surface area contributed by atoms with Gasteiger partial charge in [0.25, 0.3) is 0 Å². The summed E-state index contributed by atoms with van der Waals surface area (Å²) in [7, 11) is 1.65. The van der Waals surface area contributed by atoms with Crippen LogP contribution in [-0.2, 0) is 4.79 Å². The van der Waals surface area contributed by atoms with Gasteiger partial charge in [0.15, 0.2) is 0 Å². The first kappa shape index (κ1) is 12.2. The van der Waals surface area contributed by atoms with Crippen LogP contribution >= 0.6 is 15.9 Å². The molecule has 0 radical (unpaired) electrons. The van der Waals surface area contributed by atoms with Crippen LogP contribution in [0.5, 0.6) is 5.75 Å². The number of carbonyl (C=O) groups excluding carboxylic acids is 1. The van der Waals surface area contributed by atoms with Crippen molar-refractivity contribution in [2.24, 2.45) is 0 Å². The van der Waals surface area contributed by atoms with Crippen molar-refractivity contribution < 1.29 is 9.53 Å². The number of carbonyl (C=O) groups is 1. The Bertz CT molecular complexity index is 248. The van der Waals surface area contributed by atoms with E-state index in [0.29, 0.717) is 6.42 Å². The highest BCUT2D eigenvalue weighted by Gasteiger charge is 1.88. The lowest BCUT2D eigenvalue weighted by atomic mass is 10.3. The fourth-order valence-electron chi connectivity index (χ4n) is 0.594. The third kappa shape index (κ3) is 6.34. The number of benzene rings is 1. The highest BCUT2D eigenvalue weighted by Crippen LogP contribution is 2.16. The van der Waals surface area contributed by atoms with E-state index >= 15 is 0 Å². The maximum Gasteiger partial charge on any atom is 0.119 e. The normalized spacial score (nSPS) is 8.23. The summed E-state index contributed by atoms with van der Waals surface area (Å²) >= 11 is 3.32. The van der Waals surface area contributed by atoms with Gasteiger partial charge in [-0.25, -0.2) is 0 Å². The minimum Gasteiger partial charge on any atom is -0.497 e. The summed E-state index contributed by atoms with van der Waals surface area (Å²) in [4.78, 5) is 9.17. The van der Waals surface area contributed by atoms with E-state index < -0.39 is 0 Å². The molecule has 0 fully saturated rings. The molecule has 0 heterocycles. The number of hydrogen-bond acceptors (Lipinski definition) is 2. The molecule has 0 aliphatic heterocycles. The largest absolute Gasteiger partial charge is 0.497 e. The van der Waals surface area contributed by atoms with Crippen molar-refractivity contribution in [1.29, 1.82) is 0 Å². The lowest BCUT2D eigenvalue weighted by molar-refractivity contribution is -0.107. The number of ether oxygens (including phenoxy) is 1. The molecule has 0 aliphatic rings. The second kappa shape index (κ2) is 7.80. The Balaban J connectivity index is 0.000000310. The minimum atomic E-state index is 0.639. The zero-order valence-corrected chi connectivity index (χ0v) is 9.37. The summed E-state index contributed by atoms with van der Waals surface area (Å²) in [5.41, 5.74) is 0. The van der Waals surface area contributed by atoms with E-state index in [1.807, 2.05) is 31.2 Å². The van der Waals surface area contributed by atoms with E-state index in [1.165, 1.54) is 0 Å². The minimum absolute atomic E-state index is 0.639. The molecule has 13 heavy (non-hydrogen) atoms. The summed E-state index contributed by atoms with van der Waals surface area (Å²) in [5.74, 6) is 0.879. The van der Waals surface area contributed by atoms with Gasteiger partial charge in [0, 0.05) is 10.9 Å². The molecule has 1 aromatic carbocycles. The lowest BCUT2D eigenvalue weighted by Gasteiger charge is -1.96. The van der Waals surface area contributed by atoms with Crippen LogP contribution in [0.4, 0.5) is 0 Å². The van der Waals surface area contributed by atoms with Crippen LogP contribution in [0.3, 0.4) is 0 Å². The summed E-state index contributed by atoms with van der Waals surface area (Å²) in [5, 5.41) is 0. The van der Waals surface area contributed by atoms with Crippen LogP contribution in [0, 0.1) is 0 Å². The Kier molecular flexibility index (Phi) is 7.30. The van der Waals surface area contributed by atoms with Gasteiger partial charge in [-0.15, -0.1) is 0 Å². The fraction of sp³-hybridized carbons (Fsp3) is 0.300. The van der Waals surface area contributed by atoms with Crippen molar-refractivity contribution in [2.45, 2.75) is 13.3 Å². The smallest absolute Gasteiger partial charge is 0.119 e. The Labute approximate surface area is 87.0 Å². The van der Waals surface area contributed by atoms with Crippen molar-refractivity contribution in [2.75, 3.05) is 7.11 Å². The van der Waals surface area contributed by atoms with Crippen LogP contribution < -0.4 is 4.74 Å². The first-order chi connectivity index (χ1) is 6.24. The molecule has 0 spiro atoms. The molecular formula is C10H13BrO2. The van der Waals surface area contributed by atoms with Crippen molar-refractivity contribution in [3.8, 4) is 5.75 Å². The number of halogens is 1. The number of rotatable bonds is 2. The van der Waals surface area contributed by atoms with Crippen molar-refractivity contribution in [1.82, 2.24) is 0 Å². The van der Waals surface area contributed by atoms with Gasteiger partial charge in [-0.3, -0.25) is 0 Å². The predicted octanol–water partition coefficient (Wildman–Crippen LogP) is 3.05. The van der Waals surface area contributed by atoms with E-state index in [9.17, 15) is 4.79 Å². The number of aldehydes is 1. The molecule has 0 aliphatic carbocycles. The summed E-state index contributed by atoms with van der Waals surface area (Å²) in [6.07, 6.45) is 1.51. The van der Waals surface area contributed by atoms with Gasteiger partial charge in [-0.05, 0) is 18.2 Å². The molecule has 3 heteroatoms. The molecule has 2 nitrogen and oxygen atoms in total. The van der Waals surface area contributed by atoms with Gasteiger partial charge in [0.1, 0.15) is 12.0 Å². The second-order valence-corrected chi connectivity index (χ2v) is 3.15. The van der Waals surface area contributed by atoms with Gasteiger partial charge in [-0.1, -0.05) is 28.9 Å². The van der Waals surface area contributed by atoms with E-state index in [-0.39, 0.29) is 0 Å². The Morgan fingerprint density at radius 3 is 2.46 bits per heavy atom. The van der Waals surface area contributed by atoms with Crippen molar-refractivity contribution in [3.63, 3.8) is 0 Å². The monoisotopic (exact) mass is 244 g/mol. The summed E-state index contributed by atoms with van der Waals surface area (Å²) in [6, 6.07) is 7.72. The van der Waals surface area contributed by atoms with Gasteiger partial charge in [-0.2, -0.15) is 0 Å². The van der Waals surface area contributed by atoms with E-state index in [4.69, 9.17) is 4.74 Å². The maximum absolute atomic E-state index is 9.17. The topological polar surface area (TPSA) is 26.3 Å². The van der Waals surface area contributed by atoms with Crippen LogP contribution in [0.15, 0.2) is 28.7 Å². The molecule has 1 aromatic rings. The van der Waals surface area contributed by atoms with Crippen LogP contribution in [0.25, 0.3) is 0 Å². The van der Waals surface area contributed by atoms with Gasteiger partial charge in [0.2, 0.25) is 0 Å². The standard InChI is InChI=1S/C7H7BrO.C3H6O/c1-9-7-4-2-3-6(8)5-7;1-2-3-4/h2-5H,1H3;3H,2H2,1H3. The fourth-order valence-corrected chi connectivity index (χ4v) is 0.972. The molecule has 0 N–H and O–H groups in total. The Morgan fingerprint density at radius 1 is 1.54 bits per heavy atom. The van der Waals surface area contributed by atoms with Gasteiger partial charge >= 0.3 is 0 Å². The Hall–Kier alpha value is -0.830. The van der Waals surface area contributed by atoms with Crippen molar-refractivity contribution >= 4 is 22.2 Å². The number of methoxy groups -OCH3 is 1. The number of hydrogen-bond donors (Lipinski definition) is 0. The average molecular weight is 245 g/mol. The highest BCUT2D eigenvalue weighted by atomic mass is 79.9. The first-order valence-corrected chi connectivity index (χ1v) is 4.77. The highest BCUT2D eigenvalue weighted by molar-refractivity contribution is 9.10. The third-order valence-electron chi connectivity index (χ3n) is 1.20. The van der Waals surface area contributed by atoms with Crippen LogP contribution in [0.2, 0.25) is 0 Å². The van der Waals surface area contributed by atoms with Gasteiger partial charge < -0.3 is 9.53 Å². The molecule has 1 rings (SSSR count). The maximum atomic E-state index is 9.17. The average Bonchev–Trinajstić information content (AvgIpc) is 2.18. The van der Waals surface area contributed by atoms with Gasteiger partial charge in [0.05, 0.1) is 7.11 Å². The molecule has 72 valence electrons. The summed E-state index contributed by atoms with van der Waals surface area (Å²) < 4.78 is 6.01. The molecule has 0 atom stereocenters. The molecular weight excluding hydrogens is 232 g/mol. The molecule has 0 saturated heterocycles. The predicted molar refractivity (Wildman–Crippen MR) is 57.0 cm³/mol. The summed E-state index contributed by atoms with van der Waals surface area (Å²) in [6.45, 7) is 1.81. The van der Waals surface area contributed by atoms with E-state index in [1.54, 1.807) is 7.11 Å². The third-order valence-corrected chi connectivity index (χ3v) is 1.69. The molecule has 0 saturated carbocycles. The molecule has 0 bridgehead atoms. The zero-order chi connectivity index (χ0) is 10.1. The molecule has 0 aromatic heterocycles.